The smallest absolute Gasteiger partial charge is 0.313 e. The number of carbonyl (C=O) groups excluding carboxylic acids is 1. The molecule has 0 saturated heterocycles. The summed E-state index contributed by atoms with van der Waals surface area (Å²) in [4.78, 5) is 10.6. The van der Waals surface area contributed by atoms with E-state index in [9.17, 15) is 4.79 Å². The largest absolute Gasteiger partial charge is 0.465 e. The Balaban J connectivity index is 3.35. The summed E-state index contributed by atoms with van der Waals surface area (Å²) in [7, 11) is 0. The first-order valence-electron chi connectivity index (χ1n) is 3.15. The van der Waals surface area contributed by atoms with E-state index in [0.29, 0.717) is 6.61 Å². The van der Waals surface area contributed by atoms with Crippen LogP contribution in [-0.4, -0.2) is 18.4 Å². The van der Waals surface area contributed by atoms with Gasteiger partial charge >= 0.3 is 5.97 Å². The lowest BCUT2D eigenvalue weighted by molar-refractivity contribution is -0.142. The molecule has 0 spiro atoms. The fourth-order valence-electron chi connectivity index (χ4n) is 0.422. The molecule has 58 valence electrons. The monoisotopic (exact) mass is 144 g/mol. The molecule has 0 fully saturated rings. The van der Waals surface area contributed by atoms with Gasteiger partial charge in [0, 0.05) is 0 Å². The van der Waals surface area contributed by atoms with Gasteiger partial charge in [-0.05, 0) is 6.42 Å². The highest BCUT2D eigenvalue weighted by Gasteiger charge is 2.02. The van der Waals surface area contributed by atoms with E-state index in [2.05, 4.69) is 4.74 Å². The van der Waals surface area contributed by atoms with Crippen LogP contribution in [0.2, 0.25) is 0 Å². The molecule has 4 nitrogen and oxygen atoms in total. The normalized spacial score (nSPS) is 8.90. The lowest BCUT2D eigenvalue weighted by atomic mass is 10.4. The number of ether oxygens (including phenoxy) is 1. The van der Waals surface area contributed by atoms with Crippen molar-refractivity contribution in [2.75, 3.05) is 6.61 Å². The van der Waals surface area contributed by atoms with Crippen molar-refractivity contribution in [3.05, 3.63) is 0 Å². The first-order valence-corrected chi connectivity index (χ1v) is 3.15. The number of nitrogens with two attached hydrogens (primary N) is 1. The topological polar surface area (TPSA) is 76.2 Å². The van der Waals surface area contributed by atoms with Crippen LogP contribution in [0.15, 0.2) is 0 Å². The first kappa shape index (κ1) is 8.94. The van der Waals surface area contributed by atoms with Crippen molar-refractivity contribution in [2.24, 2.45) is 5.73 Å². The molecular weight excluding hydrogens is 132 g/mol. The fourth-order valence-corrected chi connectivity index (χ4v) is 0.422. The maximum atomic E-state index is 10.6. The average molecular weight is 144 g/mol. The molecule has 10 heavy (non-hydrogen) atoms. The molecule has 0 saturated carbocycles. The maximum absolute atomic E-state index is 10.6. The Kier molecular flexibility index (Phi) is 4.28. The van der Waals surface area contributed by atoms with E-state index in [4.69, 9.17) is 11.1 Å². The zero-order chi connectivity index (χ0) is 7.98. The fraction of sp³-hybridized carbons (Fsp3) is 0.667. The minimum absolute atomic E-state index is 0.0972. The Labute approximate surface area is 59.9 Å². The van der Waals surface area contributed by atoms with E-state index in [-0.39, 0.29) is 12.3 Å². The molecule has 0 heterocycles. The molecule has 0 radical (unpaired) electrons. The third-order valence-corrected chi connectivity index (χ3v) is 0.802. The molecular formula is C6H12N2O2. The molecule has 0 aliphatic rings. The van der Waals surface area contributed by atoms with Crippen LogP contribution in [0.4, 0.5) is 0 Å². The number of carbonyl (C=O) groups is 1. The van der Waals surface area contributed by atoms with Gasteiger partial charge in [0.25, 0.3) is 0 Å². The lowest BCUT2D eigenvalue weighted by Gasteiger charge is -1.99. The van der Waals surface area contributed by atoms with Gasteiger partial charge in [0.05, 0.1) is 6.61 Å². The molecule has 0 rings (SSSR count). The van der Waals surface area contributed by atoms with Crippen molar-refractivity contribution in [1.82, 2.24) is 0 Å². The molecule has 0 bridgehead atoms. The highest BCUT2D eigenvalue weighted by Crippen LogP contribution is 1.86. The van der Waals surface area contributed by atoms with Crippen molar-refractivity contribution < 1.29 is 9.53 Å². The predicted octanol–water partition coefficient (Wildman–Crippen LogP) is 0.266. The van der Waals surface area contributed by atoms with Gasteiger partial charge < -0.3 is 10.5 Å². The van der Waals surface area contributed by atoms with Crippen LogP contribution in [0, 0.1) is 5.41 Å². The summed E-state index contributed by atoms with van der Waals surface area (Å²) in [6.45, 7) is 2.31. The van der Waals surface area contributed by atoms with E-state index in [1.54, 1.807) is 0 Å². The number of amidine groups is 1. The number of nitrogens with one attached hydrogen (secondary N) is 1. The van der Waals surface area contributed by atoms with Crippen molar-refractivity contribution in [3.8, 4) is 0 Å². The third kappa shape index (κ3) is 5.08. The number of hydrogen-bond donors (Lipinski definition) is 2. The van der Waals surface area contributed by atoms with Crippen molar-refractivity contribution in [3.63, 3.8) is 0 Å². The zero-order valence-corrected chi connectivity index (χ0v) is 6.02. The lowest BCUT2D eigenvalue weighted by Crippen LogP contribution is -2.17. The van der Waals surface area contributed by atoms with Crippen molar-refractivity contribution in [2.45, 2.75) is 19.8 Å². The second kappa shape index (κ2) is 4.78. The second-order valence-corrected chi connectivity index (χ2v) is 1.92. The van der Waals surface area contributed by atoms with Gasteiger partial charge in [0.15, 0.2) is 0 Å². The van der Waals surface area contributed by atoms with Gasteiger partial charge in [-0.15, -0.1) is 0 Å². The van der Waals surface area contributed by atoms with Crippen LogP contribution in [0.5, 0.6) is 0 Å². The third-order valence-electron chi connectivity index (χ3n) is 0.802. The molecule has 4 heteroatoms. The number of esters is 1. The van der Waals surface area contributed by atoms with Crippen LogP contribution >= 0.6 is 0 Å². The van der Waals surface area contributed by atoms with E-state index < -0.39 is 5.97 Å². The second-order valence-electron chi connectivity index (χ2n) is 1.92. The summed E-state index contributed by atoms with van der Waals surface area (Å²) in [6, 6.07) is 0. The van der Waals surface area contributed by atoms with Crippen molar-refractivity contribution in [1.29, 1.82) is 5.41 Å². The molecule has 0 aliphatic carbocycles. The van der Waals surface area contributed by atoms with E-state index in [0.717, 1.165) is 6.42 Å². The molecule has 0 aromatic carbocycles. The quantitative estimate of drug-likeness (QED) is 0.337. The van der Waals surface area contributed by atoms with Crippen molar-refractivity contribution >= 4 is 11.8 Å². The van der Waals surface area contributed by atoms with E-state index in [1.165, 1.54) is 0 Å². The van der Waals surface area contributed by atoms with Crippen LogP contribution in [0.1, 0.15) is 19.8 Å². The summed E-state index contributed by atoms with van der Waals surface area (Å²) < 4.78 is 4.64. The highest BCUT2D eigenvalue weighted by atomic mass is 16.5. The molecule has 0 amide bonds. The Bertz CT molecular complexity index is 134. The van der Waals surface area contributed by atoms with Gasteiger partial charge in [-0.3, -0.25) is 10.2 Å². The molecule has 3 N–H and O–H groups in total. The van der Waals surface area contributed by atoms with Gasteiger partial charge in [-0.2, -0.15) is 0 Å². The maximum Gasteiger partial charge on any atom is 0.313 e. The van der Waals surface area contributed by atoms with Crippen LogP contribution in [-0.2, 0) is 9.53 Å². The minimum Gasteiger partial charge on any atom is -0.465 e. The summed E-state index contributed by atoms with van der Waals surface area (Å²) in [5.41, 5.74) is 4.95. The Hall–Kier alpha value is -1.06. The zero-order valence-electron chi connectivity index (χ0n) is 6.02. The first-order chi connectivity index (χ1) is 4.66. The van der Waals surface area contributed by atoms with Gasteiger partial charge in [0.2, 0.25) is 0 Å². The molecule has 0 aromatic rings. The Morgan fingerprint density at radius 2 is 2.30 bits per heavy atom. The highest BCUT2D eigenvalue weighted by molar-refractivity contribution is 5.94. The Morgan fingerprint density at radius 3 is 2.70 bits per heavy atom. The van der Waals surface area contributed by atoms with Gasteiger partial charge in [-0.1, -0.05) is 6.92 Å². The summed E-state index contributed by atoms with van der Waals surface area (Å²) in [5.74, 6) is -0.574. The Morgan fingerprint density at radius 1 is 1.70 bits per heavy atom. The van der Waals surface area contributed by atoms with Gasteiger partial charge in [0.1, 0.15) is 12.3 Å². The van der Waals surface area contributed by atoms with Gasteiger partial charge in [-0.25, -0.2) is 0 Å². The molecule has 0 unspecified atom stereocenters. The summed E-state index contributed by atoms with van der Waals surface area (Å²) in [5, 5.41) is 6.74. The van der Waals surface area contributed by atoms with Crippen LogP contribution < -0.4 is 5.73 Å². The predicted molar refractivity (Wildman–Crippen MR) is 37.8 cm³/mol. The van der Waals surface area contributed by atoms with E-state index in [1.807, 2.05) is 6.92 Å². The minimum atomic E-state index is -0.422. The van der Waals surface area contributed by atoms with E-state index >= 15 is 0 Å². The van der Waals surface area contributed by atoms with Crippen LogP contribution in [0.25, 0.3) is 0 Å². The number of rotatable bonds is 4. The average Bonchev–Trinajstić information content (AvgIpc) is 1.82. The summed E-state index contributed by atoms with van der Waals surface area (Å²) >= 11 is 0. The number of hydrogen-bond acceptors (Lipinski definition) is 3. The summed E-state index contributed by atoms with van der Waals surface area (Å²) in [6.07, 6.45) is 0.698. The standard InChI is InChI=1S/C6H12N2O2/c1-2-3-10-6(9)4-5(7)8/h2-4H2,1H3,(H3,7,8). The van der Waals surface area contributed by atoms with Crippen LogP contribution in [0.3, 0.4) is 0 Å². The molecule has 0 aliphatic heterocycles. The molecule has 0 aromatic heterocycles. The molecule has 0 atom stereocenters. The SMILES string of the molecule is CCCOC(=O)CC(=N)N.